The van der Waals surface area contributed by atoms with E-state index in [9.17, 15) is 4.79 Å². The van der Waals surface area contributed by atoms with Crippen molar-refractivity contribution < 1.29 is 14.3 Å². The number of nitrogens with two attached hydrogens (primary N) is 1. The van der Waals surface area contributed by atoms with Crippen LogP contribution in [0.4, 0.5) is 0 Å². The average Bonchev–Trinajstić information content (AvgIpc) is 3.01. The number of amides is 1. The number of carbonyl (C=O) groups is 1. The molecule has 1 aromatic carbocycles. The fourth-order valence-corrected chi connectivity index (χ4v) is 2.57. The van der Waals surface area contributed by atoms with E-state index in [-0.39, 0.29) is 30.5 Å². The van der Waals surface area contributed by atoms with Crippen LogP contribution in [-0.2, 0) is 9.53 Å². The van der Waals surface area contributed by atoms with Crippen LogP contribution >= 0.6 is 24.0 Å². The summed E-state index contributed by atoms with van der Waals surface area (Å²) in [6.45, 7) is 1.66. The number of rotatable bonds is 7. The summed E-state index contributed by atoms with van der Waals surface area (Å²) in [5.74, 6) is 0.811. The van der Waals surface area contributed by atoms with Gasteiger partial charge in [-0.2, -0.15) is 0 Å². The molecular formula is C16H24Cl2N2O3. The molecule has 0 unspecified atom stereocenters. The summed E-state index contributed by atoms with van der Waals surface area (Å²) in [5, 5.41) is 0.685. The monoisotopic (exact) mass is 362 g/mol. The Labute approximate surface area is 148 Å². The number of hydrogen-bond acceptors (Lipinski definition) is 4. The highest BCUT2D eigenvalue weighted by Gasteiger charge is 2.31. The highest BCUT2D eigenvalue weighted by molar-refractivity contribution is 6.30. The Kier molecular flexibility index (Phi) is 8.69. The molecule has 1 fully saturated rings. The SMILES string of the molecule is CN(CCCOc1ccc(Cl)cc1)C(=O)[C@@H]1CC[C@H](CN)O1.Cl. The molecule has 0 bridgehead atoms. The van der Waals surface area contributed by atoms with Gasteiger partial charge in [-0.05, 0) is 43.5 Å². The summed E-state index contributed by atoms with van der Waals surface area (Å²) in [7, 11) is 1.80. The minimum Gasteiger partial charge on any atom is -0.494 e. The number of nitrogens with zero attached hydrogens (tertiary/aromatic N) is 1. The second-order valence-electron chi connectivity index (χ2n) is 5.48. The second kappa shape index (κ2) is 9.98. The van der Waals surface area contributed by atoms with Crippen molar-refractivity contribution in [2.24, 2.45) is 5.73 Å². The number of likely N-dealkylation sites (N-methyl/N-ethyl adjacent to an activating group) is 1. The lowest BCUT2D eigenvalue weighted by Gasteiger charge is -2.21. The normalized spacial score (nSPS) is 20.0. The molecule has 1 heterocycles. The molecule has 0 aromatic heterocycles. The van der Waals surface area contributed by atoms with Crippen molar-refractivity contribution >= 4 is 29.9 Å². The Bertz CT molecular complexity index is 485. The first-order valence-corrected chi connectivity index (χ1v) is 7.97. The average molecular weight is 363 g/mol. The first-order valence-electron chi connectivity index (χ1n) is 7.59. The Morgan fingerprint density at radius 1 is 1.39 bits per heavy atom. The Hall–Kier alpha value is -1.01. The van der Waals surface area contributed by atoms with Gasteiger partial charge in [0, 0.05) is 25.2 Å². The van der Waals surface area contributed by atoms with Crippen molar-refractivity contribution in [2.45, 2.75) is 31.5 Å². The molecule has 0 aliphatic carbocycles. The van der Waals surface area contributed by atoms with Gasteiger partial charge < -0.3 is 20.1 Å². The molecule has 2 N–H and O–H groups in total. The maximum Gasteiger partial charge on any atom is 0.251 e. The Morgan fingerprint density at radius 3 is 2.70 bits per heavy atom. The summed E-state index contributed by atoms with van der Waals surface area (Å²) in [6.07, 6.45) is 2.07. The van der Waals surface area contributed by atoms with E-state index in [4.69, 9.17) is 26.8 Å². The summed E-state index contributed by atoms with van der Waals surface area (Å²) in [6, 6.07) is 7.24. The molecule has 23 heavy (non-hydrogen) atoms. The molecular weight excluding hydrogens is 339 g/mol. The summed E-state index contributed by atoms with van der Waals surface area (Å²) in [5.41, 5.74) is 5.56. The number of carbonyl (C=O) groups excluding carboxylic acids is 1. The van der Waals surface area contributed by atoms with E-state index in [1.807, 2.05) is 12.1 Å². The molecule has 2 atom stereocenters. The molecule has 1 aliphatic rings. The predicted octanol–water partition coefficient (Wildman–Crippen LogP) is 2.50. The van der Waals surface area contributed by atoms with Crippen LogP contribution in [0.5, 0.6) is 5.75 Å². The van der Waals surface area contributed by atoms with Gasteiger partial charge in [-0.15, -0.1) is 12.4 Å². The van der Waals surface area contributed by atoms with E-state index in [1.165, 1.54) is 0 Å². The van der Waals surface area contributed by atoms with E-state index in [1.54, 1.807) is 24.1 Å². The number of ether oxygens (including phenoxy) is 2. The van der Waals surface area contributed by atoms with Gasteiger partial charge in [-0.25, -0.2) is 0 Å². The number of halogens is 2. The van der Waals surface area contributed by atoms with Gasteiger partial charge >= 0.3 is 0 Å². The maximum atomic E-state index is 12.2. The maximum absolute atomic E-state index is 12.2. The topological polar surface area (TPSA) is 64.8 Å². The molecule has 0 radical (unpaired) electrons. The molecule has 0 spiro atoms. The molecule has 2 rings (SSSR count). The second-order valence-corrected chi connectivity index (χ2v) is 5.91. The third-order valence-electron chi connectivity index (χ3n) is 3.74. The van der Waals surface area contributed by atoms with Crippen molar-refractivity contribution in [3.05, 3.63) is 29.3 Å². The zero-order valence-electron chi connectivity index (χ0n) is 13.2. The summed E-state index contributed by atoms with van der Waals surface area (Å²) >= 11 is 5.81. The Morgan fingerprint density at radius 2 is 2.09 bits per heavy atom. The van der Waals surface area contributed by atoms with Crippen molar-refractivity contribution in [2.75, 3.05) is 26.7 Å². The van der Waals surface area contributed by atoms with Gasteiger partial charge in [0.1, 0.15) is 11.9 Å². The minimum atomic E-state index is -0.337. The van der Waals surface area contributed by atoms with Gasteiger partial charge in [-0.3, -0.25) is 4.79 Å². The van der Waals surface area contributed by atoms with Crippen LogP contribution in [0.2, 0.25) is 5.02 Å². The molecule has 5 nitrogen and oxygen atoms in total. The van der Waals surface area contributed by atoms with E-state index in [2.05, 4.69) is 0 Å². The van der Waals surface area contributed by atoms with Crippen LogP contribution < -0.4 is 10.5 Å². The van der Waals surface area contributed by atoms with E-state index in [0.717, 1.165) is 25.0 Å². The predicted molar refractivity (Wildman–Crippen MR) is 93.4 cm³/mol. The lowest BCUT2D eigenvalue weighted by Crippen LogP contribution is -2.38. The van der Waals surface area contributed by atoms with Crippen molar-refractivity contribution in [1.82, 2.24) is 4.90 Å². The third kappa shape index (κ3) is 6.18. The van der Waals surface area contributed by atoms with Crippen LogP contribution in [-0.4, -0.2) is 49.8 Å². The number of benzene rings is 1. The molecule has 0 saturated carbocycles. The first kappa shape index (κ1) is 20.0. The van der Waals surface area contributed by atoms with Gasteiger partial charge in [0.2, 0.25) is 0 Å². The summed E-state index contributed by atoms with van der Waals surface area (Å²) in [4.78, 5) is 13.9. The molecule has 1 amide bonds. The van der Waals surface area contributed by atoms with Gasteiger partial charge in [0.25, 0.3) is 5.91 Å². The van der Waals surface area contributed by atoms with Gasteiger partial charge in [-0.1, -0.05) is 11.6 Å². The van der Waals surface area contributed by atoms with E-state index < -0.39 is 0 Å². The largest absolute Gasteiger partial charge is 0.494 e. The smallest absolute Gasteiger partial charge is 0.251 e. The minimum absolute atomic E-state index is 0. The highest BCUT2D eigenvalue weighted by Crippen LogP contribution is 2.20. The molecule has 7 heteroatoms. The third-order valence-corrected chi connectivity index (χ3v) is 3.99. The standard InChI is InChI=1S/C16H23ClN2O3.ClH/c1-19(16(20)15-8-7-14(11-18)22-15)9-2-10-21-13-5-3-12(17)4-6-13;/h3-6,14-15H,2,7-11,18H2,1H3;1H/t14-,15+;/m1./s1. The van der Waals surface area contributed by atoms with Crippen molar-refractivity contribution in [1.29, 1.82) is 0 Å². The number of hydrogen-bond donors (Lipinski definition) is 1. The lowest BCUT2D eigenvalue weighted by molar-refractivity contribution is -0.141. The van der Waals surface area contributed by atoms with E-state index in [0.29, 0.717) is 24.7 Å². The molecule has 130 valence electrons. The van der Waals surface area contributed by atoms with Crippen LogP contribution in [0.3, 0.4) is 0 Å². The van der Waals surface area contributed by atoms with Crippen LogP contribution in [0, 0.1) is 0 Å². The quantitative estimate of drug-likeness (QED) is 0.756. The fourth-order valence-electron chi connectivity index (χ4n) is 2.44. The van der Waals surface area contributed by atoms with Crippen LogP contribution in [0.1, 0.15) is 19.3 Å². The highest BCUT2D eigenvalue weighted by atomic mass is 35.5. The van der Waals surface area contributed by atoms with Crippen molar-refractivity contribution in [3.8, 4) is 5.75 Å². The summed E-state index contributed by atoms with van der Waals surface area (Å²) < 4.78 is 11.2. The zero-order chi connectivity index (χ0) is 15.9. The van der Waals surface area contributed by atoms with E-state index >= 15 is 0 Å². The van der Waals surface area contributed by atoms with Gasteiger partial charge in [0.15, 0.2) is 0 Å². The van der Waals surface area contributed by atoms with Crippen LogP contribution in [0.25, 0.3) is 0 Å². The Balaban J connectivity index is 0.00000264. The lowest BCUT2D eigenvalue weighted by atomic mass is 10.2. The fraction of sp³-hybridized carbons (Fsp3) is 0.562. The zero-order valence-corrected chi connectivity index (χ0v) is 14.8. The first-order chi connectivity index (χ1) is 10.6. The van der Waals surface area contributed by atoms with Gasteiger partial charge in [0.05, 0.1) is 12.7 Å². The molecule has 1 aliphatic heterocycles. The van der Waals surface area contributed by atoms with Crippen LogP contribution in [0.15, 0.2) is 24.3 Å². The molecule has 1 aromatic rings. The molecule has 1 saturated heterocycles. The van der Waals surface area contributed by atoms with Crippen molar-refractivity contribution in [3.63, 3.8) is 0 Å².